The number of guanidine groups is 1. The van der Waals surface area contributed by atoms with Crippen LogP contribution in [0.5, 0.6) is 0 Å². The zero-order valence-corrected chi connectivity index (χ0v) is 11.9. The first kappa shape index (κ1) is 14.9. The molecule has 0 aromatic carbocycles. The molecule has 0 aromatic heterocycles. The van der Waals surface area contributed by atoms with Gasteiger partial charge in [-0.05, 0) is 0 Å². The Bertz CT molecular complexity index is 200. The fourth-order valence-electron chi connectivity index (χ4n) is 1.61. The number of methoxy groups -OCH3 is 1. The molecule has 0 saturated carbocycles. The highest BCUT2D eigenvalue weighted by Gasteiger charge is 2.21. The lowest BCUT2D eigenvalue weighted by Gasteiger charge is -2.34. The topological polar surface area (TPSA) is 46.1 Å². The predicted molar refractivity (Wildman–Crippen MR) is 71.0 cm³/mol. The summed E-state index contributed by atoms with van der Waals surface area (Å²) < 4.78 is 10.6. The number of ether oxygens (including phenoxy) is 2. The summed E-state index contributed by atoms with van der Waals surface area (Å²) in [5.41, 5.74) is 0. The Morgan fingerprint density at radius 1 is 1.67 bits per heavy atom. The highest BCUT2D eigenvalue weighted by Crippen LogP contribution is 2.05. The van der Waals surface area contributed by atoms with Crippen molar-refractivity contribution in [2.45, 2.75) is 6.10 Å². The smallest absolute Gasteiger partial charge is 0.193 e. The van der Waals surface area contributed by atoms with Gasteiger partial charge in [-0.3, -0.25) is 4.99 Å². The first-order chi connectivity index (χ1) is 6.81. The summed E-state index contributed by atoms with van der Waals surface area (Å²) in [6.07, 6.45) is 0.152. The number of nitrogens with zero attached hydrogens (tertiary/aromatic N) is 2. The van der Waals surface area contributed by atoms with Crippen molar-refractivity contribution in [3.8, 4) is 0 Å². The fourth-order valence-corrected chi connectivity index (χ4v) is 1.61. The lowest BCUT2D eigenvalue weighted by atomic mass is 10.3. The molecule has 1 aliphatic heterocycles. The summed E-state index contributed by atoms with van der Waals surface area (Å²) in [5.74, 6) is 0.911. The number of halogens is 1. The third-order valence-corrected chi connectivity index (χ3v) is 2.23. The van der Waals surface area contributed by atoms with Gasteiger partial charge in [-0.25, -0.2) is 0 Å². The molecule has 0 radical (unpaired) electrons. The minimum atomic E-state index is 0. The minimum absolute atomic E-state index is 0. The van der Waals surface area contributed by atoms with E-state index in [-0.39, 0.29) is 30.1 Å². The van der Waals surface area contributed by atoms with Gasteiger partial charge in [0, 0.05) is 34.3 Å². The van der Waals surface area contributed by atoms with Crippen molar-refractivity contribution < 1.29 is 9.47 Å². The van der Waals surface area contributed by atoms with Crippen molar-refractivity contribution in [3.63, 3.8) is 0 Å². The molecule has 1 heterocycles. The third kappa shape index (κ3) is 4.52. The molecule has 1 N–H and O–H groups in total. The van der Waals surface area contributed by atoms with Crippen LogP contribution in [0.3, 0.4) is 0 Å². The van der Waals surface area contributed by atoms with E-state index in [4.69, 9.17) is 9.47 Å². The van der Waals surface area contributed by atoms with Crippen molar-refractivity contribution in [1.29, 1.82) is 0 Å². The van der Waals surface area contributed by atoms with E-state index in [2.05, 4.69) is 15.2 Å². The molecule has 6 heteroatoms. The molecule has 0 aromatic rings. The van der Waals surface area contributed by atoms with Gasteiger partial charge in [0.25, 0.3) is 0 Å². The predicted octanol–water partition coefficient (Wildman–Crippen LogP) is 0.157. The second kappa shape index (κ2) is 8.12. The highest BCUT2D eigenvalue weighted by molar-refractivity contribution is 14.0. The molecular weight excluding hydrogens is 309 g/mol. The Morgan fingerprint density at radius 2 is 2.40 bits per heavy atom. The third-order valence-electron chi connectivity index (χ3n) is 2.23. The Hall–Kier alpha value is -0.0800. The van der Waals surface area contributed by atoms with Crippen LogP contribution in [0.1, 0.15) is 0 Å². The Balaban J connectivity index is 0.00000196. The Kier molecular flexibility index (Phi) is 8.07. The second-order valence-corrected chi connectivity index (χ2v) is 3.19. The van der Waals surface area contributed by atoms with Crippen LogP contribution in [0.25, 0.3) is 0 Å². The van der Waals surface area contributed by atoms with Gasteiger partial charge in [0.05, 0.1) is 19.3 Å². The zero-order valence-electron chi connectivity index (χ0n) is 9.52. The van der Waals surface area contributed by atoms with E-state index in [1.807, 2.05) is 7.05 Å². The van der Waals surface area contributed by atoms with Crippen molar-refractivity contribution in [3.05, 3.63) is 0 Å². The molecule has 0 aliphatic carbocycles. The molecule has 1 unspecified atom stereocenters. The first-order valence-corrected chi connectivity index (χ1v) is 4.81. The highest BCUT2D eigenvalue weighted by atomic mass is 127. The number of hydrogen-bond acceptors (Lipinski definition) is 3. The summed E-state index contributed by atoms with van der Waals surface area (Å²) in [5, 5.41) is 3.06. The fraction of sp³-hybridized carbons (Fsp3) is 0.889. The molecule has 90 valence electrons. The summed E-state index contributed by atoms with van der Waals surface area (Å²) in [4.78, 5) is 6.33. The van der Waals surface area contributed by atoms with Crippen LogP contribution in [0.4, 0.5) is 0 Å². The van der Waals surface area contributed by atoms with Gasteiger partial charge >= 0.3 is 0 Å². The zero-order chi connectivity index (χ0) is 10.4. The number of rotatable bonds is 2. The van der Waals surface area contributed by atoms with Crippen LogP contribution < -0.4 is 5.32 Å². The largest absolute Gasteiger partial charge is 0.382 e. The maximum Gasteiger partial charge on any atom is 0.193 e. The van der Waals surface area contributed by atoms with Gasteiger partial charge in [0.2, 0.25) is 0 Å². The number of aliphatic imine (C=N–C) groups is 1. The average molecular weight is 329 g/mol. The molecule has 5 nitrogen and oxygen atoms in total. The molecule has 1 saturated heterocycles. The van der Waals surface area contributed by atoms with E-state index < -0.39 is 0 Å². The van der Waals surface area contributed by atoms with Crippen LogP contribution >= 0.6 is 24.0 Å². The monoisotopic (exact) mass is 329 g/mol. The maximum absolute atomic E-state index is 5.54. The molecule has 15 heavy (non-hydrogen) atoms. The van der Waals surface area contributed by atoms with Gasteiger partial charge in [-0.2, -0.15) is 0 Å². The van der Waals surface area contributed by atoms with Gasteiger partial charge in [0.1, 0.15) is 0 Å². The Labute approximate surface area is 108 Å². The van der Waals surface area contributed by atoms with Crippen molar-refractivity contribution in [2.75, 3.05) is 47.5 Å². The molecule has 0 bridgehead atoms. The summed E-state index contributed by atoms with van der Waals surface area (Å²) in [6.45, 7) is 3.08. The Morgan fingerprint density at radius 3 is 2.93 bits per heavy atom. The standard InChI is InChI=1S/C9H19N3O2.HI/c1-10-9(11-2)12-4-5-14-8(6-12)7-13-3;/h8H,4-7H2,1-3H3,(H,10,11);1H. The van der Waals surface area contributed by atoms with Crippen molar-refractivity contribution in [2.24, 2.45) is 4.99 Å². The lowest BCUT2D eigenvalue weighted by Crippen LogP contribution is -2.50. The van der Waals surface area contributed by atoms with E-state index in [1.165, 1.54) is 0 Å². The van der Waals surface area contributed by atoms with Crippen LogP contribution in [-0.2, 0) is 9.47 Å². The minimum Gasteiger partial charge on any atom is -0.382 e. The average Bonchev–Trinajstić information content (AvgIpc) is 2.21. The molecule has 1 fully saturated rings. The van der Waals surface area contributed by atoms with Crippen LogP contribution in [0.15, 0.2) is 4.99 Å². The van der Waals surface area contributed by atoms with E-state index in [9.17, 15) is 0 Å². The summed E-state index contributed by atoms with van der Waals surface area (Å²) in [6, 6.07) is 0. The number of hydrogen-bond donors (Lipinski definition) is 1. The van der Waals surface area contributed by atoms with Crippen LogP contribution in [0.2, 0.25) is 0 Å². The molecule has 1 aliphatic rings. The van der Waals surface area contributed by atoms with E-state index in [0.717, 1.165) is 25.7 Å². The molecule has 0 spiro atoms. The summed E-state index contributed by atoms with van der Waals surface area (Å²) >= 11 is 0. The first-order valence-electron chi connectivity index (χ1n) is 4.81. The van der Waals surface area contributed by atoms with Crippen molar-refractivity contribution >= 4 is 29.9 Å². The SMILES string of the molecule is CN=C(NC)N1CCOC(COC)C1.I. The lowest BCUT2D eigenvalue weighted by molar-refractivity contribution is -0.0446. The van der Waals surface area contributed by atoms with E-state index >= 15 is 0 Å². The maximum atomic E-state index is 5.54. The van der Waals surface area contributed by atoms with E-state index in [1.54, 1.807) is 14.2 Å². The van der Waals surface area contributed by atoms with Crippen molar-refractivity contribution in [1.82, 2.24) is 10.2 Å². The van der Waals surface area contributed by atoms with Gasteiger partial charge in [-0.1, -0.05) is 0 Å². The number of nitrogens with one attached hydrogen (secondary N) is 1. The molecular formula is C9H20IN3O2. The quantitative estimate of drug-likeness (QED) is 0.445. The molecule has 1 atom stereocenters. The molecule has 0 amide bonds. The molecule has 1 rings (SSSR count). The van der Waals surface area contributed by atoms with Gasteiger partial charge < -0.3 is 19.7 Å². The summed E-state index contributed by atoms with van der Waals surface area (Å²) in [7, 11) is 5.35. The number of morpholine rings is 1. The second-order valence-electron chi connectivity index (χ2n) is 3.19. The van der Waals surface area contributed by atoms with Crippen LogP contribution in [0, 0.1) is 0 Å². The van der Waals surface area contributed by atoms with Crippen LogP contribution in [-0.4, -0.2) is 64.5 Å². The van der Waals surface area contributed by atoms with Gasteiger partial charge in [0.15, 0.2) is 5.96 Å². The van der Waals surface area contributed by atoms with E-state index in [0.29, 0.717) is 6.61 Å². The normalized spacial score (nSPS) is 22.2. The van der Waals surface area contributed by atoms with Gasteiger partial charge in [-0.15, -0.1) is 24.0 Å².